The molecule has 2 aliphatic heterocycles. The van der Waals surface area contributed by atoms with Gasteiger partial charge in [-0.15, -0.1) is 0 Å². The molecule has 0 radical (unpaired) electrons. The molecular formula is C23H27FN2O3. The van der Waals surface area contributed by atoms with Crippen molar-refractivity contribution in [3.63, 3.8) is 0 Å². The Morgan fingerprint density at radius 2 is 1.93 bits per heavy atom. The third-order valence-electron chi connectivity index (χ3n) is 5.99. The van der Waals surface area contributed by atoms with E-state index < -0.39 is 11.4 Å². The molecule has 0 spiro atoms. The first-order chi connectivity index (χ1) is 14.0. The smallest absolute Gasteiger partial charge is 0.224 e. The van der Waals surface area contributed by atoms with Crippen molar-refractivity contribution in [2.45, 2.75) is 44.6 Å². The number of nitrogens with one attached hydrogen (secondary N) is 1. The minimum absolute atomic E-state index is 0.155. The van der Waals surface area contributed by atoms with Crippen molar-refractivity contribution in [2.75, 3.05) is 29.9 Å². The van der Waals surface area contributed by atoms with Gasteiger partial charge >= 0.3 is 0 Å². The summed E-state index contributed by atoms with van der Waals surface area (Å²) in [5, 5.41) is 13.6. The number of hydrogen-bond acceptors (Lipinski definition) is 4. The van der Waals surface area contributed by atoms with Gasteiger partial charge in [0.15, 0.2) is 0 Å². The number of carbonyl (C=O) groups is 1. The maximum absolute atomic E-state index is 14.0. The van der Waals surface area contributed by atoms with E-state index in [2.05, 4.69) is 41.4 Å². The minimum atomic E-state index is -0.920. The van der Waals surface area contributed by atoms with Crippen LogP contribution in [-0.2, 0) is 17.6 Å². The van der Waals surface area contributed by atoms with Crippen LogP contribution >= 0.6 is 0 Å². The number of amides is 1. The van der Waals surface area contributed by atoms with Gasteiger partial charge in [0.25, 0.3) is 0 Å². The Labute approximate surface area is 170 Å². The Kier molecular flexibility index (Phi) is 5.46. The Morgan fingerprint density at radius 3 is 2.69 bits per heavy atom. The van der Waals surface area contributed by atoms with Gasteiger partial charge in [-0.3, -0.25) is 4.79 Å². The molecule has 0 atom stereocenters. The molecule has 0 bridgehead atoms. The number of para-hydroxylation sites is 1. The van der Waals surface area contributed by atoms with Crippen LogP contribution in [0.4, 0.5) is 15.8 Å². The second kappa shape index (κ2) is 8.03. The molecule has 2 aromatic rings. The monoisotopic (exact) mass is 398 g/mol. The average Bonchev–Trinajstić information content (AvgIpc) is 2.74. The van der Waals surface area contributed by atoms with Gasteiger partial charge < -0.3 is 20.1 Å². The first kappa shape index (κ1) is 19.7. The highest BCUT2D eigenvalue weighted by molar-refractivity contribution is 5.94. The minimum Gasteiger partial charge on any atom is -0.490 e. The van der Waals surface area contributed by atoms with Gasteiger partial charge in [-0.05, 0) is 49.4 Å². The summed E-state index contributed by atoms with van der Waals surface area (Å²) in [5.41, 5.74) is 2.51. The molecule has 0 saturated carbocycles. The number of ether oxygens (including phenoxy) is 1. The number of aliphatic hydroxyl groups is 1. The lowest BCUT2D eigenvalue weighted by Crippen LogP contribution is -2.48. The zero-order chi connectivity index (χ0) is 20.4. The lowest BCUT2D eigenvalue weighted by molar-refractivity contribution is -0.116. The van der Waals surface area contributed by atoms with E-state index >= 15 is 0 Å². The number of piperidine rings is 1. The second-order valence-corrected chi connectivity index (χ2v) is 7.93. The van der Waals surface area contributed by atoms with E-state index in [4.69, 9.17) is 4.74 Å². The van der Waals surface area contributed by atoms with Crippen LogP contribution in [0.3, 0.4) is 0 Å². The largest absolute Gasteiger partial charge is 0.490 e. The molecule has 2 aromatic carbocycles. The summed E-state index contributed by atoms with van der Waals surface area (Å²) < 4.78 is 20.0. The number of halogens is 1. The van der Waals surface area contributed by atoms with Gasteiger partial charge in [0, 0.05) is 30.8 Å². The summed E-state index contributed by atoms with van der Waals surface area (Å²) in [6, 6.07) is 11.3. The van der Waals surface area contributed by atoms with Crippen LogP contribution in [0.1, 0.15) is 37.3 Å². The number of benzene rings is 2. The normalized spacial score (nSPS) is 18.2. The molecule has 0 unspecified atom stereocenters. The van der Waals surface area contributed by atoms with Crippen molar-refractivity contribution in [1.29, 1.82) is 0 Å². The molecule has 2 heterocycles. The third-order valence-corrected chi connectivity index (χ3v) is 5.99. The van der Waals surface area contributed by atoms with Crippen LogP contribution in [0.5, 0.6) is 5.75 Å². The maximum Gasteiger partial charge on any atom is 0.224 e. The highest BCUT2D eigenvalue weighted by Crippen LogP contribution is 2.35. The summed E-state index contributed by atoms with van der Waals surface area (Å²) in [5.74, 6) is -0.109. The fourth-order valence-corrected chi connectivity index (χ4v) is 4.20. The van der Waals surface area contributed by atoms with E-state index in [0.717, 1.165) is 19.5 Å². The van der Waals surface area contributed by atoms with Crippen molar-refractivity contribution in [3.8, 4) is 5.75 Å². The van der Waals surface area contributed by atoms with Gasteiger partial charge in [-0.2, -0.15) is 0 Å². The summed E-state index contributed by atoms with van der Waals surface area (Å²) in [7, 11) is 0. The van der Waals surface area contributed by atoms with Crippen LogP contribution in [0, 0.1) is 5.82 Å². The summed E-state index contributed by atoms with van der Waals surface area (Å²) >= 11 is 0. The number of anilines is 2. The van der Waals surface area contributed by atoms with Crippen LogP contribution in [0.15, 0.2) is 36.4 Å². The summed E-state index contributed by atoms with van der Waals surface area (Å²) in [4.78, 5) is 13.9. The van der Waals surface area contributed by atoms with Crippen molar-refractivity contribution in [3.05, 3.63) is 53.3 Å². The predicted molar refractivity (Wildman–Crippen MR) is 111 cm³/mol. The standard InChI is InChI=1S/C23H27FN2O3/c1-2-16-5-3-4-6-19(16)26-13-11-23(28,12-14-26)15-29-20-9-8-18(24)22-17(20)7-10-21(27)25-22/h3-6,8-9,28H,2,7,10-15H2,1H3,(H,25,27). The van der Waals surface area contributed by atoms with Crippen molar-refractivity contribution < 1.29 is 19.0 Å². The molecule has 2 aliphatic rings. The molecule has 154 valence electrons. The first-order valence-corrected chi connectivity index (χ1v) is 10.3. The molecule has 4 rings (SSSR count). The summed E-state index contributed by atoms with van der Waals surface area (Å²) in [6.45, 7) is 3.82. The van der Waals surface area contributed by atoms with Gasteiger partial charge in [-0.25, -0.2) is 4.39 Å². The van der Waals surface area contributed by atoms with Crippen molar-refractivity contribution >= 4 is 17.3 Å². The second-order valence-electron chi connectivity index (χ2n) is 7.93. The highest BCUT2D eigenvalue weighted by atomic mass is 19.1. The molecule has 1 amide bonds. The van der Waals surface area contributed by atoms with Crippen LogP contribution in [0.2, 0.25) is 0 Å². The average molecular weight is 398 g/mol. The molecule has 0 aliphatic carbocycles. The third kappa shape index (κ3) is 4.08. The first-order valence-electron chi connectivity index (χ1n) is 10.3. The Bertz CT molecular complexity index is 907. The van der Waals surface area contributed by atoms with E-state index in [1.54, 1.807) is 6.07 Å². The van der Waals surface area contributed by atoms with E-state index in [1.165, 1.54) is 17.3 Å². The van der Waals surface area contributed by atoms with Gasteiger partial charge in [0.2, 0.25) is 5.91 Å². The molecule has 29 heavy (non-hydrogen) atoms. The highest BCUT2D eigenvalue weighted by Gasteiger charge is 2.34. The molecular weight excluding hydrogens is 371 g/mol. The molecule has 1 fully saturated rings. The number of aryl methyl sites for hydroxylation is 1. The van der Waals surface area contributed by atoms with E-state index in [9.17, 15) is 14.3 Å². The Hall–Kier alpha value is -2.60. The molecule has 0 aromatic heterocycles. The zero-order valence-corrected chi connectivity index (χ0v) is 16.7. The summed E-state index contributed by atoms with van der Waals surface area (Å²) in [6.07, 6.45) is 2.93. The number of fused-ring (bicyclic) bond motifs is 1. The number of hydrogen-bond donors (Lipinski definition) is 2. The Morgan fingerprint density at radius 1 is 1.17 bits per heavy atom. The quantitative estimate of drug-likeness (QED) is 0.807. The van der Waals surface area contributed by atoms with Crippen LogP contribution in [-0.4, -0.2) is 36.3 Å². The molecule has 6 heteroatoms. The lowest BCUT2D eigenvalue weighted by atomic mass is 9.91. The van der Waals surface area contributed by atoms with E-state index in [1.807, 2.05) is 0 Å². The van der Waals surface area contributed by atoms with Crippen LogP contribution < -0.4 is 15.0 Å². The van der Waals surface area contributed by atoms with Gasteiger partial charge in [0.05, 0.1) is 5.69 Å². The van der Waals surface area contributed by atoms with Crippen molar-refractivity contribution in [2.24, 2.45) is 0 Å². The number of rotatable bonds is 5. The maximum atomic E-state index is 14.0. The fraction of sp³-hybridized carbons (Fsp3) is 0.435. The van der Waals surface area contributed by atoms with E-state index in [-0.39, 0.29) is 18.2 Å². The molecule has 5 nitrogen and oxygen atoms in total. The molecule has 1 saturated heterocycles. The van der Waals surface area contributed by atoms with Gasteiger partial charge in [0.1, 0.15) is 23.8 Å². The predicted octanol–water partition coefficient (Wildman–Crippen LogP) is 3.68. The van der Waals surface area contributed by atoms with E-state index in [0.29, 0.717) is 37.0 Å². The van der Waals surface area contributed by atoms with Crippen LogP contribution in [0.25, 0.3) is 0 Å². The fourth-order valence-electron chi connectivity index (χ4n) is 4.20. The zero-order valence-electron chi connectivity index (χ0n) is 16.7. The van der Waals surface area contributed by atoms with Gasteiger partial charge in [-0.1, -0.05) is 25.1 Å². The molecule has 2 N–H and O–H groups in total. The SMILES string of the molecule is CCc1ccccc1N1CCC(O)(COc2ccc(F)c3c2CCC(=O)N3)CC1. The van der Waals surface area contributed by atoms with Crippen molar-refractivity contribution in [1.82, 2.24) is 0 Å². The number of nitrogens with zero attached hydrogens (tertiary/aromatic N) is 1. The Balaban J connectivity index is 1.41. The number of carbonyl (C=O) groups excluding carboxylic acids is 1. The topological polar surface area (TPSA) is 61.8 Å². The lowest BCUT2D eigenvalue weighted by Gasteiger charge is -2.39.